The molecule has 0 radical (unpaired) electrons. The van der Waals surface area contributed by atoms with E-state index >= 15 is 0 Å². The molecule has 1 amide bonds. The molecule has 1 aliphatic carbocycles. The topological polar surface area (TPSA) is 70.1 Å². The average molecular weight is 423 g/mol. The predicted octanol–water partition coefficient (Wildman–Crippen LogP) is 5.00. The Morgan fingerprint density at radius 3 is 2.32 bits per heavy atom. The average Bonchev–Trinajstić information content (AvgIpc) is 2.73. The molecule has 0 aromatic heterocycles. The van der Waals surface area contributed by atoms with E-state index in [-0.39, 0.29) is 11.3 Å². The quantitative estimate of drug-likeness (QED) is 0.709. The van der Waals surface area contributed by atoms with Crippen LogP contribution in [0.2, 0.25) is 0 Å². The highest BCUT2D eigenvalue weighted by molar-refractivity contribution is 5.96. The summed E-state index contributed by atoms with van der Waals surface area (Å²) in [6.45, 7) is 0.930. The fourth-order valence-electron chi connectivity index (χ4n) is 3.97. The van der Waals surface area contributed by atoms with E-state index in [9.17, 15) is 14.7 Å². The van der Waals surface area contributed by atoms with Gasteiger partial charge in [0.05, 0.1) is 0 Å². The van der Waals surface area contributed by atoms with Crippen LogP contribution in [0.3, 0.4) is 0 Å². The number of para-hydroxylation sites is 1. The molecule has 0 saturated heterocycles. The molecule has 0 fully saturated rings. The van der Waals surface area contributed by atoms with Gasteiger partial charge in [0.25, 0.3) is 0 Å². The molecule has 3 rings (SSSR count). The minimum absolute atomic E-state index is 0.0386. The molecule has 0 bridgehead atoms. The Kier molecular flexibility index (Phi) is 7.13. The highest BCUT2D eigenvalue weighted by atomic mass is 16.6. The zero-order chi connectivity index (χ0) is 22.5. The van der Waals surface area contributed by atoms with Crippen LogP contribution >= 0.6 is 0 Å². The van der Waals surface area contributed by atoms with Crippen LogP contribution in [-0.4, -0.2) is 61.7 Å². The SMILES string of the molecule is CN(C)CC1=C(c2cccc(-c3cccc(C(=O)O)c3OC(=O)N(C)C)c2)CCCC1. The molecule has 0 spiro atoms. The summed E-state index contributed by atoms with van der Waals surface area (Å²) in [5.41, 5.74) is 5.32. The minimum Gasteiger partial charge on any atom is -0.478 e. The number of aromatic carboxylic acids is 1. The van der Waals surface area contributed by atoms with Crippen LogP contribution in [-0.2, 0) is 0 Å². The summed E-state index contributed by atoms with van der Waals surface area (Å²) < 4.78 is 5.50. The Morgan fingerprint density at radius 1 is 0.968 bits per heavy atom. The molecule has 0 atom stereocenters. The molecule has 6 heteroatoms. The van der Waals surface area contributed by atoms with E-state index in [0.717, 1.165) is 36.9 Å². The largest absolute Gasteiger partial charge is 0.478 e. The zero-order valence-electron chi connectivity index (χ0n) is 18.6. The summed E-state index contributed by atoms with van der Waals surface area (Å²) in [6.07, 6.45) is 3.88. The monoisotopic (exact) mass is 422 g/mol. The van der Waals surface area contributed by atoms with Gasteiger partial charge in [0.1, 0.15) is 5.56 Å². The summed E-state index contributed by atoms with van der Waals surface area (Å²) in [5.74, 6) is -1.07. The first-order valence-corrected chi connectivity index (χ1v) is 10.5. The van der Waals surface area contributed by atoms with Gasteiger partial charge in [-0.15, -0.1) is 0 Å². The van der Waals surface area contributed by atoms with Crippen LogP contribution in [0, 0.1) is 0 Å². The van der Waals surface area contributed by atoms with Crippen molar-refractivity contribution in [2.24, 2.45) is 0 Å². The maximum Gasteiger partial charge on any atom is 0.414 e. The molecule has 0 unspecified atom stereocenters. The number of nitrogens with zero attached hydrogens (tertiary/aromatic N) is 2. The lowest BCUT2D eigenvalue weighted by molar-refractivity contribution is 0.0693. The number of hydrogen-bond acceptors (Lipinski definition) is 4. The van der Waals surface area contributed by atoms with E-state index in [1.165, 1.54) is 28.5 Å². The number of rotatable bonds is 6. The van der Waals surface area contributed by atoms with Gasteiger partial charge in [-0.1, -0.05) is 35.9 Å². The van der Waals surface area contributed by atoms with Crippen LogP contribution in [0.4, 0.5) is 4.79 Å². The van der Waals surface area contributed by atoms with E-state index in [2.05, 4.69) is 31.1 Å². The number of benzene rings is 2. The number of allylic oxidation sites excluding steroid dienone is 1. The van der Waals surface area contributed by atoms with E-state index in [1.807, 2.05) is 12.1 Å². The van der Waals surface area contributed by atoms with Crippen molar-refractivity contribution in [3.63, 3.8) is 0 Å². The maximum atomic E-state index is 12.2. The summed E-state index contributed by atoms with van der Waals surface area (Å²) in [5, 5.41) is 9.65. The van der Waals surface area contributed by atoms with Crippen molar-refractivity contribution in [2.45, 2.75) is 25.7 Å². The van der Waals surface area contributed by atoms with Gasteiger partial charge in [-0.2, -0.15) is 0 Å². The minimum atomic E-state index is -1.14. The molecule has 1 N–H and O–H groups in total. The second-order valence-corrected chi connectivity index (χ2v) is 8.36. The first kappa shape index (κ1) is 22.6. The van der Waals surface area contributed by atoms with Crippen molar-refractivity contribution in [3.05, 3.63) is 59.2 Å². The Bertz CT molecular complexity index is 1010. The highest BCUT2D eigenvalue weighted by Crippen LogP contribution is 2.38. The molecule has 2 aromatic carbocycles. The van der Waals surface area contributed by atoms with Gasteiger partial charge in [-0.05, 0) is 68.6 Å². The molecular weight excluding hydrogens is 392 g/mol. The fraction of sp³-hybridized carbons (Fsp3) is 0.360. The summed E-state index contributed by atoms with van der Waals surface area (Å²) in [4.78, 5) is 27.5. The third-order valence-electron chi connectivity index (χ3n) is 5.41. The third-order valence-corrected chi connectivity index (χ3v) is 5.41. The Labute approximate surface area is 183 Å². The highest BCUT2D eigenvalue weighted by Gasteiger charge is 2.21. The number of likely N-dealkylation sites (N-methyl/N-ethyl adjacent to an activating group) is 1. The van der Waals surface area contributed by atoms with Crippen molar-refractivity contribution < 1.29 is 19.4 Å². The summed E-state index contributed by atoms with van der Waals surface area (Å²) in [7, 11) is 7.29. The molecule has 31 heavy (non-hydrogen) atoms. The van der Waals surface area contributed by atoms with Crippen LogP contribution in [0.5, 0.6) is 5.75 Å². The number of carboxylic acids is 1. The lowest BCUT2D eigenvalue weighted by Crippen LogP contribution is -2.26. The first-order chi connectivity index (χ1) is 14.8. The lowest BCUT2D eigenvalue weighted by Gasteiger charge is -2.24. The molecular formula is C25H30N2O4. The number of ether oxygens (including phenoxy) is 1. The molecule has 0 heterocycles. The van der Waals surface area contributed by atoms with Crippen LogP contribution in [0.25, 0.3) is 16.7 Å². The van der Waals surface area contributed by atoms with Crippen molar-refractivity contribution in [1.29, 1.82) is 0 Å². The summed E-state index contributed by atoms with van der Waals surface area (Å²) in [6, 6.07) is 13.0. The second kappa shape index (κ2) is 9.79. The number of carbonyl (C=O) groups excluding carboxylic acids is 1. The first-order valence-electron chi connectivity index (χ1n) is 10.5. The van der Waals surface area contributed by atoms with Crippen molar-refractivity contribution in [2.75, 3.05) is 34.7 Å². The molecule has 0 aliphatic heterocycles. The zero-order valence-corrected chi connectivity index (χ0v) is 18.6. The van der Waals surface area contributed by atoms with Gasteiger partial charge in [-0.25, -0.2) is 9.59 Å². The van der Waals surface area contributed by atoms with Crippen molar-refractivity contribution in [3.8, 4) is 16.9 Å². The van der Waals surface area contributed by atoms with Crippen LogP contribution < -0.4 is 4.74 Å². The number of hydrogen-bond donors (Lipinski definition) is 1. The van der Waals surface area contributed by atoms with Gasteiger partial charge in [-0.3, -0.25) is 0 Å². The van der Waals surface area contributed by atoms with Gasteiger partial charge in [0.2, 0.25) is 0 Å². The van der Waals surface area contributed by atoms with E-state index in [0.29, 0.717) is 5.56 Å². The Morgan fingerprint density at radius 2 is 1.65 bits per heavy atom. The normalized spacial score (nSPS) is 14.0. The standard InChI is InChI=1S/C25H30N2O4/c1-26(2)16-19-9-5-6-12-20(19)17-10-7-11-18(15-17)21-13-8-14-22(24(28)29)23(21)31-25(30)27(3)4/h7-8,10-11,13-15H,5-6,9,12,16H2,1-4H3,(H,28,29). The maximum absolute atomic E-state index is 12.2. The molecule has 2 aromatic rings. The van der Waals surface area contributed by atoms with E-state index in [4.69, 9.17) is 4.74 Å². The van der Waals surface area contributed by atoms with E-state index < -0.39 is 12.1 Å². The Hall–Kier alpha value is -3.12. The number of carboxylic acid groups (broad SMARTS) is 1. The molecule has 1 aliphatic rings. The smallest absolute Gasteiger partial charge is 0.414 e. The lowest BCUT2D eigenvalue weighted by atomic mass is 9.86. The van der Waals surface area contributed by atoms with Crippen molar-refractivity contribution >= 4 is 17.6 Å². The van der Waals surface area contributed by atoms with Gasteiger partial charge < -0.3 is 19.6 Å². The number of carbonyl (C=O) groups is 2. The number of amides is 1. The van der Waals surface area contributed by atoms with Gasteiger partial charge in [0.15, 0.2) is 5.75 Å². The van der Waals surface area contributed by atoms with Gasteiger partial charge >= 0.3 is 12.1 Å². The Balaban J connectivity index is 2.10. The predicted molar refractivity (Wildman–Crippen MR) is 122 cm³/mol. The molecule has 164 valence electrons. The molecule has 6 nitrogen and oxygen atoms in total. The third kappa shape index (κ3) is 5.33. The summed E-state index contributed by atoms with van der Waals surface area (Å²) >= 11 is 0. The second-order valence-electron chi connectivity index (χ2n) is 8.36. The fourth-order valence-corrected chi connectivity index (χ4v) is 3.97. The van der Waals surface area contributed by atoms with Crippen LogP contribution in [0.1, 0.15) is 41.6 Å². The molecule has 0 saturated carbocycles. The van der Waals surface area contributed by atoms with E-state index in [1.54, 1.807) is 26.2 Å². The van der Waals surface area contributed by atoms with Crippen LogP contribution in [0.15, 0.2) is 48.0 Å². The van der Waals surface area contributed by atoms with Gasteiger partial charge in [0, 0.05) is 26.2 Å². The van der Waals surface area contributed by atoms with Crippen molar-refractivity contribution in [1.82, 2.24) is 9.80 Å².